The van der Waals surface area contributed by atoms with Crippen LogP contribution in [-0.2, 0) is 0 Å². The van der Waals surface area contributed by atoms with E-state index in [1.54, 1.807) is 0 Å². The number of nitrogens with zero attached hydrogens (tertiary/aromatic N) is 2. The molecule has 112 valence electrons. The Kier molecular flexibility index (Phi) is 4.39. The molecule has 4 unspecified atom stereocenters. The maximum absolute atomic E-state index is 5.63. The second-order valence-electron chi connectivity index (χ2n) is 6.66. The molecule has 4 nitrogen and oxygen atoms in total. The summed E-state index contributed by atoms with van der Waals surface area (Å²) in [7, 11) is 0. The minimum absolute atomic E-state index is 0.420. The second kappa shape index (κ2) is 6.25. The quantitative estimate of drug-likeness (QED) is 0.913. The van der Waals surface area contributed by atoms with Gasteiger partial charge in [0.15, 0.2) is 5.82 Å². The molecule has 0 aliphatic heterocycles. The number of hydrogen-bond donors (Lipinski definition) is 1. The second-order valence-corrected chi connectivity index (χ2v) is 6.66. The van der Waals surface area contributed by atoms with E-state index in [-0.39, 0.29) is 0 Å². The fourth-order valence-corrected chi connectivity index (χ4v) is 3.94. The van der Waals surface area contributed by atoms with Gasteiger partial charge in [-0.2, -0.15) is 4.98 Å². The van der Waals surface area contributed by atoms with Gasteiger partial charge in [-0.3, -0.25) is 0 Å². The highest BCUT2D eigenvalue weighted by Crippen LogP contribution is 2.38. The molecule has 1 aromatic rings. The van der Waals surface area contributed by atoms with Crippen molar-refractivity contribution < 1.29 is 4.52 Å². The molecular formula is C16H27N3O. The lowest BCUT2D eigenvalue weighted by atomic mass is 9.84. The van der Waals surface area contributed by atoms with E-state index >= 15 is 0 Å². The highest BCUT2D eigenvalue weighted by atomic mass is 16.5. The van der Waals surface area contributed by atoms with Crippen molar-refractivity contribution in [3.05, 3.63) is 11.7 Å². The summed E-state index contributed by atoms with van der Waals surface area (Å²) in [5, 5.41) is 7.88. The van der Waals surface area contributed by atoms with Gasteiger partial charge in [-0.1, -0.05) is 31.8 Å². The number of hydrogen-bond acceptors (Lipinski definition) is 4. The van der Waals surface area contributed by atoms with Crippen molar-refractivity contribution in [2.75, 3.05) is 6.54 Å². The molecule has 3 rings (SSSR count). The summed E-state index contributed by atoms with van der Waals surface area (Å²) in [5.41, 5.74) is 0. The van der Waals surface area contributed by atoms with Crippen LogP contribution >= 0.6 is 0 Å². The van der Waals surface area contributed by atoms with Gasteiger partial charge in [-0.15, -0.1) is 0 Å². The molecule has 0 bridgehead atoms. The normalized spacial score (nSPS) is 34.5. The molecule has 1 aromatic heterocycles. The molecule has 0 spiro atoms. The molecule has 1 N–H and O–H groups in total. The highest BCUT2D eigenvalue weighted by Gasteiger charge is 2.32. The third-order valence-electron chi connectivity index (χ3n) is 5.07. The van der Waals surface area contributed by atoms with E-state index in [1.165, 1.54) is 44.9 Å². The molecule has 0 amide bonds. The molecule has 2 saturated carbocycles. The van der Waals surface area contributed by atoms with Gasteiger partial charge in [-0.25, -0.2) is 0 Å². The fraction of sp³-hybridized carbons (Fsp3) is 0.875. The molecule has 1 heterocycles. The van der Waals surface area contributed by atoms with E-state index < -0.39 is 0 Å². The van der Waals surface area contributed by atoms with Gasteiger partial charge < -0.3 is 9.84 Å². The average Bonchev–Trinajstić information content (AvgIpc) is 3.08. The third kappa shape index (κ3) is 2.90. The highest BCUT2D eigenvalue weighted by molar-refractivity contribution is 5.05. The van der Waals surface area contributed by atoms with E-state index in [4.69, 9.17) is 9.51 Å². The first-order chi connectivity index (χ1) is 9.78. The van der Waals surface area contributed by atoms with Crippen molar-refractivity contribution in [2.24, 2.45) is 5.92 Å². The van der Waals surface area contributed by atoms with Crippen LogP contribution in [0, 0.1) is 5.92 Å². The van der Waals surface area contributed by atoms with E-state index in [1.807, 2.05) is 0 Å². The van der Waals surface area contributed by atoms with Crippen LogP contribution in [0.15, 0.2) is 4.52 Å². The largest absolute Gasteiger partial charge is 0.339 e. The van der Waals surface area contributed by atoms with Crippen molar-refractivity contribution in [3.63, 3.8) is 0 Å². The maximum atomic E-state index is 5.63. The molecule has 2 aliphatic rings. The monoisotopic (exact) mass is 277 g/mol. The van der Waals surface area contributed by atoms with Crippen LogP contribution in [0.4, 0.5) is 0 Å². The van der Waals surface area contributed by atoms with Crippen LogP contribution in [0.25, 0.3) is 0 Å². The Morgan fingerprint density at radius 1 is 1.20 bits per heavy atom. The smallest absolute Gasteiger partial charge is 0.231 e. The number of nitrogens with one attached hydrogen (secondary N) is 1. The number of rotatable bonds is 4. The van der Waals surface area contributed by atoms with E-state index in [0.717, 1.165) is 24.2 Å². The van der Waals surface area contributed by atoms with Crippen LogP contribution in [0.2, 0.25) is 0 Å². The topological polar surface area (TPSA) is 51.0 Å². The van der Waals surface area contributed by atoms with Gasteiger partial charge in [-0.05, 0) is 44.6 Å². The Morgan fingerprint density at radius 2 is 2.05 bits per heavy atom. The molecule has 4 heteroatoms. The summed E-state index contributed by atoms with van der Waals surface area (Å²) in [4.78, 5) is 4.77. The lowest BCUT2D eigenvalue weighted by Crippen LogP contribution is -2.37. The summed E-state index contributed by atoms with van der Waals surface area (Å²) in [6.07, 6.45) is 8.76. The molecule has 0 aromatic carbocycles. The van der Waals surface area contributed by atoms with Crippen LogP contribution in [0.3, 0.4) is 0 Å². The summed E-state index contributed by atoms with van der Waals surface area (Å²) in [6, 6.07) is 0.518. The predicted octanol–water partition coefficient (Wildman–Crippen LogP) is 3.61. The first kappa shape index (κ1) is 14.1. The Labute approximate surface area is 121 Å². The van der Waals surface area contributed by atoms with Gasteiger partial charge in [0.05, 0.1) is 5.92 Å². The number of aromatic nitrogens is 2. The van der Waals surface area contributed by atoms with Gasteiger partial charge in [0.1, 0.15) is 0 Å². The molecule has 2 fully saturated rings. The Bertz CT molecular complexity index is 429. The average molecular weight is 277 g/mol. The lowest BCUT2D eigenvalue weighted by molar-refractivity contribution is 0.263. The van der Waals surface area contributed by atoms with E-state index in [2.05, 4.69) is 24.3 Å². The molecule has 2 aliphatic carbocycles. The van der Waals surface area contributed by atoms with Crippen molar-refractivity contribution >= 4 is 0 Å². The number of likely N-dealkylation sites (N-methyl/N-ethyl adjacent to an activating group) is 1. The minimum atomic E-state index is 0.420. The first-order valence-electron chi connectivity index (χ1n) is 8.34. The zero-order valence-corrected chi connectivity index (χ0v) is 12.8. The maximum Gasteiger partial charge on any atom is 0.231 e. The third-order valence-corrected chi connectivity index (χ3v) is 5.07. The first-order valence-corrected chi connectivity index (χ1v) is 8.34. The van der Waals surface area contributed by atoms with Gasteiger partial charge >= 0.3 is 0 Å². The summed E-state index contributed by atoms with van der Waals surface area (Å²) < 4.78 is 5.63. The summed E-state index contributed by atoms with van der Waals surface area (Å²) in [5.74, 6) is 3.61. The van der Waals surface area contributed by atoms with Crippen molar-refractivity contribution in [1.82, 2.24) is 15.5 Å². The minimum Gasteiger partial charge on any atom is -0.339 e. The zero-order valence-electron chi connectivity index (χ0n) is 12.8. The van der Waals surface area contributed by atoms with Crippen molar-refractivity contribution in [3.8, 4) is 0 Å². The van der Waals surface area contributed by atoms with Crippen LogP contribution in [0.1, 0.15) is 82.3 Å². The van der Waals surface area contributed by atoms with Crippen LogP contribution < -0.4 is 5.32 Å². The molecule has 0 saturated heterocycles. The Hall–Kier alpha value is -0.900. The lowest BCUT2D eigenvalue weighted by Gasteiger charge is -2.29. The van der Waals surface area contributed by atoms with Gasteiger partial charge in [0.25, 0.3) is 0 Å². The van der Waals surface area contributed by atoms with E-state index in [0.29, 0.717) is 17.9 Å². The zero-order chi connectivity index (χ0) is 13.9. The Morgan fingerprint density at radius 3 is 2.80 bits per heavy atom. The fourth-order valence-electron chi connectivity index (χ4n) is 3.94. The summed E-state index contributed by atoms with van der Waals surface area (Å²) >= 11 is 0. The standard InChI is InChI=1S/C16H27N3O/c1-3-17-14-7-5-4-6-13(14)16-18-15(19-20-16)12-9-8-11(2)10-12/h11-14,17H,3-10H2,1-2H3. The van der Waals surface area contributed by atoms with Crippen molar-refractivity contribution in [2.45, 2.75) is 76.7 Å². The van der Waals surface area contributed by atoms with Gasteiger partial charge in [0.2, 0.25) is 5.89 Å². The van der Waals surface area contributed by atoms with E-state index in [9.17, 15) is 0 Å². The molecule has 4 atom stereocenters. The summed E-state index contributed by atoms with van der Waals surface area (Å²) in [6.45, 7) is 5.51. The van der Waals surface area contributed by atoms with Crippen molar-refractivity contribution in [1.29, 1.82) is 0 Å². The molecular weight excluding hydrogens is 250 g/mol. The van der Waals surface area contributed by atoms with Crippen LogP contribution in [0.5, 0.6) is 0 Å². The van der Waals surface area contributed by atoms with Gasteiger partial charge in [0, 0.05) is 12.0 Å². The predicted molar refractivity (Wildman–Crippen MR) is 78.7 cm³/mol. The SMILES string of the molecule is CCNC1CCCCC1c1nc(C2CCC(C)C2)no1. The van der Waals surface area contributed by atoms with Crippen LogP contribution in [-0.4, -0.2) is 22.7 Å². The Balaban J connectivity index is 1.71. The molecule has 20 heavy (non-hydrogen) atoms. The molecule has 0 radical (unpaired) electrons.